The van der Waals surface area contributed by atoms with Crippen LogP contribution < -0.4 is 4.90 Å². The number of benzene rings is 1. The molecule has 2 amide bonds. The summed E-state index contributed by atoms with van der Waals surface area (Å²) in [6.07, 6.45) is 3.03. The lowest BCUT2D eigenvalue weighted by molar-refractivity contribution is -0.160. The number of nitrogens with zero attached hydrogens (tertiary/aromatic N) is 2. The maximum Gasteiger partial charge on any atom is 0.312 e. The summed E-state index contributed by atoms with van der Waals surface area (Å²) in [6.45, 7) is 9.28. The zero-order chi connectivity index (χ0) is 25.5. The zero-order valence-electron chi connectivity index (χ0n) is 20.4. The molecule has 0 aromatic heterocycles. The minimum atomic E-state index is -1.19. The van der Waals surface area contributed by atoms with Gasteiger partial charge in [-0.2, -0.15) is 0 Å². The van der Waals surface area contributed by atoms with Crippen molar-refractivity contribution in [3.63, 3.8) is 0 Å². The Labute approximate surface area is 210 Å². The molecule has 190 valence electrons. The summed E-state index contributed by atoms with van der Waals surface area (Å²) in [6, 6.07) is 5.26. The summed E-state index contributed by atoms with van der Waals surface area (Å²) in [5.41, 5.74) is -1.49. The molecule has 4 rings (SSSR count). The quantitative estimate of drug-likeness (QED) is 0.410. The Balaban J connectivity index is 1.84. The number of esters is 1. The van der Waals surface area contributed by atoms with Crippen molar-refractivity contribution >= 4 is 35.1 Å². The third-order valence-corrected chi connectivity index (χ3v) is 8.03. The molecule has 35 heavy (non-hydrogen) atoms. The number of aliphatic hydroxyl groups is 1. The van der Waals surface area contributed by atoms with Crippen LogP contribution in [-0.4, -0.2) is 70.8 Å². The van der Waals surface area contributed by atoms with E-state index in [1.54, 1.807) is 42.2 Å². The molecule has 1 spiro atoms. The molecule has 1 N–H and O–H groups in total. The van der Waals surface area contributed by atoms with Gasteiger partial charge in [0, 0.05) is 17.3 Å². The predicted molar refractivity (Wildman–Crippen MR) is 131 cm³/mol. The first kappa shape index (κ1) is 25.7. The largest absolute Gasteiger partial charge is 0.466 e. The Kier molecular flexibility index (Phi) is 7.01. The maximum absolute atomic E-state index is 14.3. The van der Waals surface area contributed by atoms with E-state index in [1.165, 1.54) is 4.90 Å². The first-order chi connectivity index (χ1) is 16.7. The van der Waals surface area contributed by atoms with Crippen LogP contribution >= 0.6 is 11.6 Å². The van der Waals surface area contributed by atoms with Gasteiger partial charge < -0.3 is 24.4 Å². The van der Waals surface area contributed by atoms with Gasteiger partial charge in [0.1, 0.15) is 17.6 Å². The summed E-state index contributed by atoms with van der Waals surface area (Å²) >= 11 is 6.06. The van der Waals surface area contributed by atoms with Crippen molar-refractivity contribution in [2.75, 3.05) is 24.7 Å². The van der Waals surface area contributed by atoms with Gasteiger partial charge in [-0.3, -0.25) is 14.4 Å². The van der Waals surface area contributed by atoms with Gasteiger partial charge >= 0.3 is 5.97 Å². The highest BCUT2D eigenvalue weighted by atomic mass is 35.5. The molecule has 3 fully saturated rings. The highest BCUT2D eigenvalue weighted by molar-refractivity contribution is 6.30. The average Bonchev–Trinajstić information content (AvgIpc) is 3.40. The predicted octanol–water partition coefficient (Wildman–Crippen LogP) is 2.96. The van der Waals surface area contributed by atoms with Gasteiger partial charge in [0.2, 0.25) is 5.91 Å². The topological polar surface area (TPSA) is 96.4 Å². The van der Waals surface area contributed by atoms with E-state index in [4.69, 9.17) is 21.1 Å². The van der Waals surface area contributed by atoms with Gasteiger partial charge in [-0.05, 0) is 57.4 Å². The van der Waals surface area contributed by atoms with Crippen LogP contribution in [0, 0.1) is 11.8 Å². The third kappa shape index (κ3) is 3.86. The lowest BCUT2D eigenvalue weighted by Crippen LogP contribution is -2.59. The number of hydrogen-bond donors (Lipinski definition) is 1. The second kappa shape index (κ2) is 9.56. The second-order valence-electron chi connectivity index (χ2n) is 9.68. The zero-order valence-corrected chi connectivity index (χ0v) is 21.2. The van der Waals surface area contributed by atoms with Crippen LogP contribution in [0.4, 0.5) is 5.69 Å². The molecule has 8 nitrogen and oxygen atoms in total. The Morgan fingerprint density at radius 2 is 2.03 bits per heavy atom. The van der Waals surface area contributed by atoms with Gasteiger partial charge in [-0.1, -0.05) is 24.6 Å². The van der Waals surface area contributed by atoms with E-state index in [-0.39, 0.29) is 31.6 Å². The Hall–Kier alpha value is -2.42. The standard InChI is InChI=1S/C26H33ClN2O6/c1-5-14-28(18-10-8-16(27)9-11-18)23(32)21-26-13-12-25(4,35-26)20(24(33)34-7-3)19(26)22(31)29(21)17(6-2)15-30/h5,8-11,17,19-21,30H,1,6-7,12-15H2,2-4H3/t17-,19-,20-,21?,25+,26?/m0/s1. The fourth-order valence-corrected chi connectivity index (χ4v) is 6.39. The Morgan fingerprint density at radius 1 is 1.34 bits per heavy atom. The molecule has 3 saturated heterocycles. The molecule has 9 heteroatoms. The molecular formula is C26H33ClN2O6. The molecule has 0 radical (unpaired) electrons. The van der Waals surface area contributed by atoms with Crippen LogP contribution in [0.3, 0.4) is 0 Å². The summed E-state index contributed by atoms with van der Waals surface area (Å²) in [4.78, 5) is 44.4. The molecule has 2 bridgehead atoms. The molecule has 6 atom stereocenters. The van der Waals surface area contributed by atoms with Crippen molar-refractivity contribution in [3.8, 4) is 0 Å². The number of fused-ring (bicyclic) bond motifs is 1. The average molecular weight is 505 g/mol. The number of halogens is 1. The van der Waals surface area contributed by atoms with Gasteiger partial charge in [0.05, 0.1) is 30.8 Å². The molecule has 1 aromatic rings. The summed E-state index contributed by atoms with van der Waals surface area (Å²) in [5, 5.41) is 10.7. The van der Waals surface area contributed by atoms with Gasteiger partial charge in [-0.25, -0.2) is 0 Å². The normalized spacial score (nSPS) is 31.9. The maximum atomic E-state index is 14.3. The van der Waals surface area contributed by atoms with E-state index in [1.807, 2.05) is 13.8 Å². The SMILES string of the molecule is C=CCN(C(=O)C1N([C@@H](CC)CO)C(=O)[C@@H]2[C@@H](C(=O)OCC)[C@@]3(C)CCC12O3)c1ccc(Cl)cc1. The molecule has 2 unspecified atom stereocenters. The number of likely N-dealkylation sites (tertiary alicyclic amines) is 1. The van der Waals surface area contributed by atoms with E-state index >= 15 is 0 Å². The van der Waals surface area contributed by atoms with E-state index in [0.717, 1.165) is 0 Å². The Bertz CT molecular complexity index is 1010. The van der Waals surface area contributed by atoms with E-state index in [9.17, 15) is 19.5 Å². The highest BCUT2D eigenvalue weighted by Crippen LogP contribution is 2.63. The van der Waals surface area contributed by atoms with Crippen molar-refractivity contribution in [2.45, 2.75) is 63.3 Å². The fraction of sp³-hybridized carbons (Fsp3) is 0.577. The van der Waals surface area contributed by atoms with Crippen molar-refractivity contribution in [3.05, 3.63) is 41.9 Å². The Morgan fingerprint density at radius 3 is 2.60 bits per heavy atom. The number of carbonyl (C=O) groups is 3. The van der Waals surface area contributed by atoms with Crippen LogP contribution in [0.1, 0.15) is 40.0 Å². The van der Waals surface area contributed by atoms with Crippen LogP contribution in [0.15, 0.2) is 36.9 Å². The monoisotopic (exact) mass is 504 g/mol. The molecule has 0 aliphatic carbocycles. The van der Waals surface area contributed by atoms with Crippen LogP contribution in [0.2, 0.25) is 5.02 Å². The molecule has 3 heterocycles. The molecular weight excluding hydrogens is 472 g/mol. The molecule has 1 aromatic carbocycles. The molecule has 0 saturated carbocycles. The molecule has 3 aliphatic heterocycles. The van der Waals surface area contributed by atoms with Crippen LogP contribution in [0.25, 0.3) is 0 Å². The summed E-state index contributed by atoms with van der Waals surface area (Å²) in [5.74, 6) is -2.85. The third-order valence-electron chi connectivity index (χ3n) is 7.78. The summed E-state index contributed by atoms with van der Waals surface area (Å²) in [7, 11) is 0. The van der Waals surface area contributed by atoms with E-state index < -0.39 is 41.1 Å². The number of amides is 2. The van der Waals surface area contributed by atoms with Crippen molar-refractivity contribution in [2.24, 2.45) is 11.8 Å². The van der Waals surface area contributed by atoms with E-state index in [2.05, 4.69) is 6.58 Å². The van der Waals surface area contributed by atoms with Gasteiger partial charge in [0.15, 0.2) is 0 Å². The van der Waals surface area contributed by atoms with Crippen molar-refractivity contribution < 1.29 is 29.0 Å². The smallest absolute Gasteiger partial charge is 0.312 e. The number of rotatable bonds is 9. The highest BCUT2D eigenvalue weighted by Gasteiger charge is 2.79. The van der Waals surface area contributed by atoms with Crippen molar-refractivity contribution in [1.82, 2.24) is 4.90 Å². The first-order valence-electron chi connectivity index (χ1n) is 12.2. The fourth-order valence-electron chi connectivity index (χ4n) is 6.26. The minimum Gasteiger partial charge on any atom is -0.466 e. The van der Waals surface area contributed by atoms with Gasteiger partial charge in [0.25, 0.3) is 5.91 Å². The van der Waals surface area contributed by atoms with E-state index in [0.29, 0.717) is 30.0 Å². The lowest BCUT2D eigenvalue weighted by atomic mass is 9.66. The van der Waals surface area contributed by atoms with Crippen molar-refractivity contribution in [1.29, 1.82) is 0 Å². The number of hydrogen-bond acceptors (Lipinski definition) is 6. The van der Waals surface area contributed by atoms with Gasteiger partial charge in [-0.15, -0.1) is 6.58 Å². The number of carbonyl (C=O) groups excluding carboxylic acids is 3. The lowest BCUT2D eigenvalue weighted by Gasteiger charge is -2.39. The number of anilines is 1. The van der Waals surface area contributed by atoms with Crippen LogP contribution in [-0.2, 0) is 23.9 Å². The second-order valence-corrected chi connectivity index (χ2v) is 10.1. The number of ether oxygens (including phenoxy) is 2. The summed E-state index contributed by atoms with van der Waals surface area (Å²) < 4.78 is 11.9. The molecule has 3 aliphatic rings. The van der Waals surface area contributed by atoms with Crippen LogP contribution in [0.5, 0.6) is 0 Å². The number of aliphatic hydroxyl groups excluding tert-OH is 1. The first-order valence-corrected chi connectivity index (χ1v) is 12.5. The minimum absolute atomic E-state index is 0.184.